The van der Waals surface area contributed by atoms with Crippen molar-refractivity contribution in [1.29, 1.82) is 0 Å². The van der Waals surface area contributed by atoms with Gasteiger partial charge in [0.2, 0.25) is 10.0 Å². The van der Waals surface area contributed by atoms with Gasteiger partial charge in [0.25, 0.3) is 0 Å². The van der Waals surface area contributed by atoms with Crippen LogP contribution in [0.4, 0.5) is 11.4 Å². The molecule has 0 bridgehead atoms. The summed E-state index contributed by atoms with van der Waals surface area (Å²) in [5, 5.41) is 3.44. The zero-order chi connectivity index (χ0) is 15.5. The van der Waals surface area contributed by atoms with Crippen molar-refractivity contribution in [1.82, 2.24) is 4.72 Å². The zero-order valence-corrected chi connectivity index (χ0v) is 13.5. The molecule has 0 amide bonds. The summed E-state index contributed by atoms with van der Waals surface area (Å²) in [7, 11) is -2.10. The van der Waals surface area contributed by atoms with Gasteiger partial charge in [-0.25, -0.2) is 13.1 Å². The van der Waals surface area contributed by atoms with E-state index >= 15 is 0 Å². The van der Waals surface area contributed by atoms with E-state index in [0.29, 0.717) is 23.3 Å². The first kappa shape index (κ1) is 16.1. The molecule has 0 radical (unpaired) electrons. The van der Waals surface area contributed by atoms with Crippen LogP contribution in [-0.2, 0) is 10.0 Å². The van der Waals surface area contributed by atoms with Gasteiger partial charge in [-0.3, -0.25) is 0 Å². The number of rotatable bonds is 5. The van der Waals surface area contributed by atoms with Crippen LogP contribution in [0.2, 0.25) is 0 Å². The van der Waals surface area contributed by atoms with Crippen LogP contribution in [0.3, 0.4) is 0 Å². The lowest BCUT2D eigenvalue weighted by Gasteiger charge is -2.32. The normalized spacial score (nSPS) is 23.0. The largest absolute Gasteiger partial charge is 0.399 e. The van der Waals surface area contributed by atoms with Gasteiger partial charge < -0.3 is 11.1 Å². The summed E-state index contributed by atoms with van der Waals surface area (Å²) >= 11 is 0. The van der Waals surface area contributed by atoms with Crippen LogP contribution >= 0.6 is 0 Å². The molecule has 2 unspecified atom stereocenters. The topological polar surface area (TPSA) is 84.2 Å². The van der Waals surface area contributed by atoms with E-state index in [9.17, 15) is 8.42 Å². The molecule has 1 saturated carbocycles. The number of benzene rings is 1. The average Bonchev–Trinajstić information content (AvgIpc) is 2.49. The summed E-state index contributed by atoms with van der Waals surface area (Å²) in [6.07, 6.45) is 5.86. The predicted molar refractivity (Wildman–Crippen MR) is 86.8 cm³/mol. The Bertz CT molecular complexity index is 587. The van der Waals surface area contributed by atoms with Crippen LogP contribution in [0.1, 0.15) is 39.0 Å². The molecule has 0 heterocycles. The molecule has 0 spiro atoms. The molecule has 5 nitrogen and oxygen atoms in total. The van der Waals surface area contributed by atoms with E-state index in [1.165, 1.54) is 32.4 Å². The highest BCUT2D eigenvalue weighted by Crippen LogP contribution is 2.32. The smallest absolute Gasteiger partial charge is 0.242 e. The molecule has 1 aliphatic carbocycles. The van der Waals surface area contributed by atoms with E-state index in [0.717, 1.165) is 12.8 Å². The molecule has 1 aromatic rings. The molecule has 6 heteroatoms. The summed E-state index contributed by atoms with van der Waals surface area (Å²) < 4.78 is 26.7. The first-order chi connectivity index (χ1) is 9.97. The highest BCUT2D eigenvalue weighted by atomic mass is 32.2. The number of nitrogens with one attached hydrogen (secondary N) is 2. The molecule has 21 heavy (non-hydrogen) atoms. The molecule has 0 saturated heterocycles. The maximum Gasteiger partial charge on any atom is 0.242 e. The van der Waals surface area contributed by atoms with E-state index in [1.807, 2.05) is 0 Å². The Morgan fingerprint density at radius 3 is 2.67 bits per heavy atom. The predicted octanol–water partition coefficient (Wildman–Crippen LogP) is 2.56. The van der Waals surface area contributed by atoms with Gasteiger partial charge in [0.1, 0.15) is 4.90 Å². The Balaban J connectivity index is 2.31. The second-order valence-electron chi connectivity index (χ2n) is 5.67. The van der Waals surface area contributed by atoms with Gasteiger partial charge in [0.05, 0.1) is 5.69 Å². The Hall–Kier alpha value is -1.27. The fourth-order valence-electron chi connectivity index (χ4n) is 3.08. The maximum absolute atomic E-state index is 12.2. The van der Waals surface area contributed by atoms with Crippen molar-refractivity contribution in [3.63, 3.8) is 0 Å². The Morgan fingerprint density at radius 1 is 1.29 bits per heavy atom. The molecule has 118 valence electrons. The third-order valence-electron chi connectivity index (χ3n) is 4.34. The third kappa shape index (κ3) is 3.68. The molecule has 2 rings (SSSR count). The average molecular weight is 311 g/mol. The molecular weight excluding hydrogens is 286 g/mol. The van der Waals surface area contributed by atoms with Crippen molar-refractivity contribution in [2.75, 3.05) is 18.1 Å². The van der Waals surface area contributed by atoms with Gasteiger partial charge in [-0.15, -0.1) is 0 Å². The molecular formula is C15H25N3O2S. The highest BCUT2D eigenvalue weighted by Gasteiger charge is 2.26. The number of anilines is 2. The summed E-state index contributed by atoms with van der Waals surface area (Å²) in [6, 6.07) is 5.35. The van der Waals surface area contributed by atoms with Gasteiger partial charge in [-0.2, -0.15) is 0 Å². The number of hydrogen-bond acceptors (Lipinski definition) is 4. The minimum absolute atomic E-state index is 0.227. The fourth-order valence-corrected chi connectivity index (χ4v) is 4.00. The second-order valence-corrected chi connectivity index (χ2v) is 7.52. The van der Waals surface area contributed by atoms with Crippen LogP contribution in [0.25, 0.3) is 0 Å². The van der Waals surface area contributed by atoms with Crippen LogP contribution < -0.4 is 15.8 Å². The van der Waals surface area contributed by atoms with Gasteiger partial charge in [0.15, 0.2) is 0 Å². The van der Waals surface area contributed by atoms with Crippen LogP contribution in [0.15, 0.2) is 23.1 Å². The summed E-state index contributed by atoms with van der Waals surface area (Å²) in [4.78, 5) is 0.227. The zero-order valence-electron chi connectivity index (χ0n) is 12.7. The Labute approximate surface area is 127 Å². The first-order valence-electron chi connectivity index (χ1n) is 7.57. The summed E-state index contributed by atoms with van der Waals surface area (Å²) in [5.41, 5.74) is 6.84. The monoisotopic (exact) mass is 311 g/mol. The lowest BCUT2D eigenvalue weighted by Crippen LogP contribution is -2.32. The minimum Gasteiger partial charge on any atom is -0.399 e. The van der Waals surface area contributed by atoms with Gasteiger partial charge in [-0.1, -0.05) is 26.2 Å². The van der Waals surface area contributed by atoms with Crippen molar-refractivity contribution >= 4 is 21.4 Å². The second kappa shape index (κ2) is 6.66. The molecule has 1 aliphatic rings. The third-order valence-corrected chi connectivity index (χ3v) is 5.79. The molecule has 0 aliphatic heterocycles. The van der Waals surface area contributed by atoms with Crippen molar-refractivity contribution < 1.29 is 8.42 Å². The molecule has 4 N–H and O–H groups in total. The number of hydrogen-bond donors (Lipinski definition) is 3. The van der Waals surface area contributed by atoms with Crippen LogP contribution in [-0.4, -0.2) is 21.5 Å². The molecule has 1 fully saturated rings. The molecule has 2 atom stereocenters. The molecule has 0 aromatic heterocycles. The van der Waals surface area contributed by atoms with E-state index in [2.05, 4.69) is 17.0 Å². The number of sulfonamides is 1. The maximum atomic E-state index is 12.2. The SMILES string of the molecule is CCC1CCCCC1Nc1ccc(N)cc1S(=O)(=O)NC. The van der Waals surface area contributed by atoms with E-state index in [4.69, 9.17) is 5.73 Å². The van der Waals surface area contributed by atoms with Gasteiger partial charge in [-0.05, 0) is 44.0 Å². The van der Waals surface area contributed by atoms with Gasteiger partial charge >= 0.3 is 0 Å². The van der Waals surface area contributed by atoms with Crippen LogP contribution in [0.5, 0.6) is 0 Å². The van der Waals surface area contributed by atoms with Crippen molar-refractivity contribution in [2.24, 2.45) is 5.92 Å². The number of nitrogen functional groups attached to an aromatic ring is 1. The van der Waals surface area contributed by atoms with E-state index in [-0.39, 0.29) is 4.90 Å². The summed E-state index contributed by atoms with van der Waals surface area (Å²) in [6.45, 7) is 2.19. The number of nitrogens with two attached hydrogens (primary N) is 1. The Kier molecular flexibility index (Phi) is 5.11. The van der Waals surface area contributed by atoms with E-state index < -0.39 is 10.0 Å². The molecule has 1 aromatic carbocycles. The van der Waals surface area contributed by atoms with Crippen molar-refractivity contribution in [2.45, 2.75) is 50.0 Å². The summed E-state index contributed by atoms with van der Waals surface area (Å²) in [5.74, 6) is 0.599. The standard InChI is InChI=1S/C15H25N3O2S/c1-3-11-6-4-5-7-13(11)18-14-9-8-12(16)10-15(14)21(19,20)17-2/h8-11,13,17-18H,3-7,16H2,1-2H3. The minimum atomic E-state index is -3.52. The van der Waals surface area contributed by atoms with Crippen LogP contribution in [0, 0.1) is 5.92 Å². The van der Waals surface area contributed by atoms with Crippen molar-refractivity contribution in [3.8, 4) is 0 Å². The highest BCUT2D eigenvalue weighted by molar-refractivity contribution is 7.89. The quantitative estimate of drug-likeness (QED) is 0.730. The lowest BCUT2D eigenvalue weighted by atomic mass is 9.83. The van der Waals surface area contributed by atoms with E-state index in [1.54, 1.807) is 12.1 Å². The fraction of sp³-hybridized carbons (Fsp3) is 0.600. The van der Waals surface area contributed by atoms with Crippen molar-refractivity contribution in [3.05, 3.63) is 18.2 Å². The Morgan fingerprint density at radius 2 is 2.00 bits per heavy atom. The van der Waals surface area contributed by atoms with Gasteiger partial charge in [0, 0.05) is 11.7 Å². The lowest BCUT2D eigenvalue weighted by molar-refractivity contribution is 0.317. The first-order valence-corrected chi connectivity index (χ1v) is 9.06.